The summed E-state index contributed by atoms with van der Waals surface area (Å²) in [7, 11) is 0. The van der Waals surface area contributed by atoms with E-state index in [1.165, 1.54) is 4.90 Å². The van der Waals surface area contributed by atoms with Crippen molar-refractivity contribution in [2.75, 3.05) is 31.1 Å². The van der Waals surface area contributed by atoms with Gasteiger partial charge in [0, 0.05) is 38.9 Å². The van der Waals surface area contributed by atoms with Crippen LogP contribution >= 0.6 is 0 Å². The molecule has 1 aliphatic rings. The normalized spacial score (nSPS) is 17.8. The number of hydrogen-bond donors (Lipinski definition) is 2. The zero-order chi connectivity index (χ0) is 20.5. The summed E-state index contributed by atoms with van der Waals surface area (Å²) < 4.78 is 7.34. The van der Waals surface area contributed by atoms with E-state index in [1.54, 1.807) is 20.8 Å². The van der Waals surface area contributed by atoms with Crippen LogP contribution in [0.25, 0.3) is 5.65 Å². The molecule has 9 heteroatoms. The lowest BCUT2D eigenvalue weighted by atomic mass is 10.1. The summed E-state index contributed by atoms with van der Waals surface area (Å²) in [6, 6.07) is 4.91. The topological polar surface area (TPSA) is 113 Å². The van der Waals surface area contributed by atoms with E-state index in [4.69, 9.17) is 15.6 Å². The van der Waals surface area contributed by atoms with Crippen LogP contribution in [0.15, 0.2) is 24.4 Å². The van der Waals surface area contributed by atoms with Gasteiger partial charge in [-0.1, -0.05) is 6.07 Å². The van der Waals surface area contributed by atoms with Crippen LogP contribution in [0.3, 0.4) is 0 Å². The molecular weight excluding hydrogens is 362 g/mol. The summed E-state index contributed by atoms with van der Waals surface area (Å²) in [6.07, 6.45) is 1.81. The van der Waals surface area contributed by atoms with Crippen molar-refractivity contribution in [3.05, 3.63) is 30.1 Å². The molecule has 0 aliphatic carbocycles. The Hall–Kier alpha value is -2.81. The van der Waals surface area contributed by atoms with Crippen molar-refractivity contribution in [1.29, 1.82) is 0 Å². The van der Waals surface area contributed by atoms with Crippen LogP contribution in [0, 0.1) is 0 Å². The van der Waals surface area contributed by atoms with Gasteiger partial charge < -0.3 is 20.5 Å². The second-order valence-corrected chi connectivity index (χ2v) is 7.86. The van der Waals surface area contributed by atoms with Gasteiger partial charge in [-0.2, -0.15) is 0 Å². The molecule has 2 aromatic heterocycles. The molecule has 3 heterocycles. The number of ether oxygens (including phenoxy) is 1. The first kappa shape index (κ1) is 19.9. The van der Waals surface area contributed by atoms with Crippen LogP contribution in [0.2, 0.25) is 0 Å². The number of primary amides is 1. The lowest BCUT2D eigenvalue weighted by Crippen LogP contribution is -2.60. The van der Waals surface area contributed by atoms with Gasteiger partial charge in [0.05, 0.1) is 5.69 Å². The molecule has 0 spiro atoms. The summed E-state index contributed by atoms with van der Waals surface area (Å²) in [4.78, 5) is 32.5. The van der Waals surface area contributed by atoms with Crippen LogP contribution < -0.4 is 10.6 Å². The lowest BCUT2D eigenvalue weighted by Gasteiger charge is -2.41. The first-order chi connectivity index (χ1) is 13.2. The number of imidazole rings is 1. The Morgan fingerprint density at radius 1 is 1.32 bits per heavy atom. The maximum Gasteiger partial charge on any atom is 0.411 e. The Kier molecular flexibility index (Phi) is 5.46. The number of amides is 2. The van der Waals surface area contributed by atoms with Gasteiger partial charge in [-0.25, -0.2) is 9.78 Å². The first-order valence-corrected chi connectivity index (χ1v) is 9.31. The van der Waals surface area contributed by atoms with Crippen LogP contribution in [-0.2, 0) is 16.0 Å². The van der Waals surface area contributed by atoms with Gasteiger partial charge in [0.1, 0.15) is 23.1 Å². The first-order valence-electron chi connectivity index (χ1n) is 9.31. The number of carbonyl (C=O) groups excluding carboxylic acids is 2. The highest BCUT2D eigenvalue weighted by atomic mass is 16.6. The molecule has 1 unspecified atom stereocenters. The Labute approximate surface area is 163 Å². The number of nitrogens with two attached hydrogens (primary N) is 1. The van der Waals surface area contributed by atoms with Gasteiger partial charge in [-0.15, -0.1) is 0 Å². The van der Waals surface area contributed by atoms with E-state index >= 15 is 0 Å². The number of piperazine rings is 1. The van der Waals surface area contributed by atoms with Gasteiger partial charge in [-0.05, 0) is 32.9 Å². The number of aliphatic hydroxyl groups excluding tert-OH is 1. The predicted molar refractivity (Wildman–Crippen MR) is 104 cm³/mol. The summed E-state index contributed by atoms with van der Waals surface area (Å²) in [6.45, 7) is 6.48. The van der Waals surface area contributed by atoms with Crippen molar-refractivity contribution in [3.8, 4) is 0 Å². The van der Waals surface area contributed by atoms with E-state index in [-0.39, 0.29) is 13.2 Å². The fourth-order valence-corrected chi connectivity index (χ4v) is 3.31. The van der Waals surface area contributed by atoms with Crippen LogP contribution in [0.4, 0.5) is 10.6 Å². The summed E-state index contributed by atoms with van der Waals surface area (Å²) >= 11 is 0. The molecule has 0 aromatic carbocycles. The number of fused-ring (bicyclic) bond motifs is 1. The van der Waals surface area contributed by atoms with E-state index in [1.807, 2.05) is 33.7 Å². The van der Waals surface area contributed by atoms with E-state index in [0.717, 1.165) is 17.2 Å². The Balaban J connectivity index is 1.85. The molecule has 0 saturated carbocycles. The highest BCUT2D eigenvalue weighted by molar-refractivity contribution is 5.85. The maximum atomic E-state index is 12.5. The van der Waals surface area contributed by atoms with Gasteiger partial charge in [0.15, 0.2) is 0 Å². The smallest absolute Gasteiger partial charge is 0.411 e. The van der Waals surface area contributed by atoms with Crippen molar-refractivity contribution in [1.82, 2.24) is 14.3 Å². The van der Waals surface area contributed by atoms with E-state index in [9.17, 15) is 9.59 Å². The van der Waals surface area contributed by atoms with Crippen LogP contribution in [0.5, 0.6) is 0 Å². The molecule has 28 heavy (non-hydrogen) atoms. The minimum absolute atomic E-state index is 0.0253. The lowest BCUT2D eigenvalue weighted by molar-refractivity contribution is -0.123. The van der Waals surface area contributed by atoms with Gasteiger partial charge in [0.25, 0.3) is 0 Å². The molecule has 1 fully saturated rings. The summed E-state index contributed by atoms with van der Waals surface area (Å²) in [5, 5.41) is 9.16. The molecule has 1 atom stereocenters. The quantitative estimate of drug-likeness (QED) is 0.799. The molecule has 9 nitrogen and oxygen atoms in total. The van der Waals surface area contributed by atoms with E-state index in [2.05, 4.69) is 4.98 Å². The number of aromatic nitrogens is 2. The molecule has 0 radical (unpaired) electrons. The standard InChI is InChI=1S/C19H27N5O4/c1-19(2,3)28-18(27)23-9-8-22(12-14(23)17(20)26)16-6-4-5-15-21-13(7-10-25)11-24(15)16/h4-6,11,14,25H,7-10,12H2,1-3H3,(H2,20,26). The monoisotopic (exact) mass is 389 g/mol. The number of rotatable bonds is 4. The number of nitrogens with zero attached hydrogens (tertiary/aromatic N) is 4. The van der Waals surface area contributed by atoms with E-state index in [0.29, 0.717) is 19.5 Å². The van der Waals surface area contributed by atoms with Crippen molar-refractivity contribution in [3.63, 3.8) is 0 Å². The number of aliphatic hydroxyl groups is 1. The third-order valence-corrected chi connectivity index (χ3v) is 4.55. The number of hydrogen-bond acceptors (Lipinski definition) is 6. The van der Waals surface area contributed by atoms with E-state index < -0.39 is 23.6 Å². The predicted octanol–water partition coefficient (Wildman–Crippen LogP) is 0.780. The Bertz CT molecular complexity index is 873. The van der Waals surface area contributed by atoms with Crippen molar-refractivity contribution >= 4 is 23.5 Å². The molecule has 1 saturated heterocycles. The summed E-state index contributed by atoms with van der Waals surface area (Å²) in [5.74, 6) is 0.276. The second kappa shape index (κ2) is 7.67. The number of carbonyl (C=O) groups is 2. The molecule has 3 N–H and O–H groups in total. The van der Waals surface area contributed by atoms with Crippen LogP contribution in [0.1, 0.15) is 26.5 Å². The molecule has 2 aromatic rings. The minimum Gasteiger partial charge on any atom is -0.444 e. The number of pyridine rings is 1. The highest BCUT2D eigenvalue weighted by Gasteiger charge is 2.37. The average molecular weight is 389 g/mol. The second-order valence-electron chi connectivity index (χ2n) is 7.86. The van der Waals surface area contributed by atoms with Crippen LogP contribution in [-0.4, -0.2) is 69.3 Å². The van der Waals surface area contributed by atoms with Gasteiger partial charge in [-0.3, -0.25) is 14.1 Å². The third-order valence-electron chi connectivity index (χ3n) is 4.55. The molecule has 0 bridgehead atoms. The Morgan fingerprint density at radius 2 is 2.07 bits per heavy atom. The Morgan fingerprint density at radius 3 is 2.71 bits per heavy atom. The molecule has 3 rings (SSSR count). The average Bonchev–Trinajstić information content (AvgIpc) is 3.02. The fraction of sp³-hybridized carbons (Fsp3) is 0.526. The molecule has 2 amide bonds. The van der Waals surface area contributed by atoms with Gasteiger partial charge in [0.2, 0.25) is 5.91 Å². The SMILES string of the molecule is CC(C)(C)OC(=O)N1CCN(c2cccc3nc(CCO)cn23)CC1C(N)=O. The van der Waals surface area contributed by atoms with Crippen molar-refractivity contribution < 1.29 is 19.4 Å². The zero-order valence-corrected chi connectivity index (χ0v) is 16.5. The highest BCUT2D eigenvalue weighted by Crippen LogP contribution is 2.23. The largest absolute Gasteiger partial charge is 0.444 e. The molecule has 152 valence electrons. The fourth-order valence-electron chi connectivity index (χ4n) is 3.31. The zero-order valence-electron chi connectivity index (χ0n) is 16.5. The minimum atomic E-state index is -0.792. The molecule has 1 aliphatic heterocycles. The maximum absolute atomic E-state index is 12.5. The van der Waals surface area contributed by atoms with Crippen molar-refractivity contribution in [2.24, 2.45) is 5.73 Å². The molecular formula is C19H27N5O4. The van der Waals surface area contributed by atoms with Crippen molar-refractivity contribution in [2.45, 2.75) is 38.8 Å². The van der Waals surface area contributed by atoms with Gasteiger partial charge >= 0.3 is 6.09 Å². The third kappa shape index (κ3) is 4.19. The number of anilines is 1. The summed E-state index contributed by atoms with van der Waals surface area (Å²) in [5.41, 5.74) is 6.48.